The van der Waals surface area contributed by atoms with Crippen molar-refractivity contribution in [3.63, 3.8) is 0 Å². The molecule has 21 heavy (non-hydrogen) atoms. The maximum Gasteiger partial charge on any atom is 0.241 e. The maximum absolute atomic E-state index is 5.36. The molecule has 0 saturated carbocycles. The first-order chi connectivity index (χ1) is 10.3. The van der Waals surface area contributed by atoms with Gasteiger partial charge < -0.3 is 15.4 Å². The fraction of sp³-hybridized carbons (Fsp3) is 0.538. The van der Waals surface area contributed by atoms with Gasteiger partial charge >= 0.3 is 0 Å². The van der Waals surface area contributed by atoms with Crippen LogP contribution in [0.3, 0.4) is 0 Å². The first-order valence-electron chi connectivity index (χ1n) is 7.17. The van der Waals surface area contributed by atoms with Crippen LogP contribution in [0, 0.1) is 0 Å². The summed E-state index contributed by atoms with van der Waals surface area (Å²) < 4.78 is 7.12. The lowest BCUT2D eigenvalue weighted by Gasteiger charge is -2.13. The molecule has 2 aromatic rings. The quantitative estimate of drug-likeness (QED) is 0.822. The molecule has 0 radical (unpaired) electrons. The molecule has 0 spiro atoms. The molecule has 0 aliphatic carbocycles. The fourth-order valence-electron chi connectivity index (χ4n) is 2.07. The lowest BCUT2D eigenvalue weighted by Crippen LogP contribution is -2.22. The Morgan fingerprint density at radius 2 is 2.24 bits per heavy atom. The monoisotopic (exact) mass is 289 g/mol. The highest BCUT2D eigenvalue weighted by atomic mass is 16.5. The van der Waals surface area contributed by atoms with Crippen LogP contribution in [-0.4, -0.2) is 50.3 Å². The molecule has 1 unspecified atom stereocenters. The zero-order chi connectivity index (χ0) is 14.5. The summed E-state index contributed by atoms with van der Waals surface area (Å²) in [6.45, 7) is 4.38. The third-order valence-corrected chi connectivity index (χ3v) is 3.15. The average molecular weight is 289 g/mol. The van der Waals surface area contributed by atoms with Gasteiger partial charge in [0, 0.05) is 25.5 Å². The minimum Gasteiger partial charge on any atom is -0.379 e. The third kappa shape index (κ3) is 3.46. The molecule has 3 rings (SSSR count). The number of rotatable bonds is 6. The number of hydrogen-bond donors (Lipinski definition) is 2. The summed E-state index contributed by atoms with van der Waals surface area (Å²) >= 11 is 0. The van der Waals surface area contributed by atoms with Gasteiger partial charge in [-0.05, 0) is 12.8 Å². The average Bonchev–Trinajstić information content (AvgIpc) is 3.18. The van der Waals surface area contributed by atoms with Crippen LogP contribution in [0.1, 0.15) is 19.8 Å². The van der Waals surface area contributed by atoms with Crippen LogP contribution in [0.2, 0.25) is 0 Å². The molecule has 0 aromatic carbocycles. The van der Waals surface area contributed by atoms with Gasteiger partial charge in [0.1, 0.15) is 6.33 Å². The van der Waals surface area contributed by atoms with Crippen LogP contribution >= 0.6 is 0 Å². The van der Waals surface area contributed by atoms with Gasteiger partial charge in [0.15, 0.2) is 0 Å². The van der Waals surface area contributed by atoms with E-state index in [1.165, 1.54) is 0 Å². The molecule has 1 saturated heterocycles. The van der Waals surface area contributed by atoms with E-state index in [9.17, 15) is 0 Å². The minimum absolute atomic E-state index is 0.252. The molecule has 1 fully saturated rings. The number of nitrogens with one attached hydrogen (secondary N) is 2. The predicted molar refractivity (Wildman–Crippen MR) is 78.6 cm³/mol. The second-order valence-electron chi connectivity index (χ2n) is 4.88. The molecule has 8 heteroatoms. The van der Waals surface area contributed by atoms with Gasteiger partial charge in [0.25, 0.3) is 0 Å². The molecule has 1 atom stereocenters. The molecular weight excluding hydrogens is 270 g/mol. The second-order valence-corrected chi connectivity index (χ2v) is 4.88. The summed E-state index contributed by atoms with van der Waals surface area (Å²) in [6.07, 6.45) is 7.14. The third-order valence-electron chi connectivity index (χ3n) is 3.15. The van der Waals surface area contributed by atoms with Crippen LogP contribution in [-0.2, 0) is 4.74 Å². The highest BCUT2D eigenvalue weighted by Crippen LogP contribution is 2.13. The molecule has 2 aromatic heterocycles. The molecule has 0 bridgehead atoms. The van der Waals surface area contributed by atoms with Crippen LogP contribution in [0.5, 0.6) is 0 Å². The van der Waals surface area contributed by atoms with Gasteiger partial charge in [-0.15, -0.1) is 0 Å². The van der Waals surface area contributed by atoms with Crippen LogP contribution in [0.25, 0.3) is 5.95 Å². The van der Waals surface area contributed by atoms with Gasteiger partial charge in [-0.1, -0.05) is 6.92 Å². The molecule has 0 amide bonds. The first-order valence-corrected chi connectivity index (χ1v) is 7.17. The van der Waals surface area contributed by atoms with Gasteiger partial charge in [-0.25, -0.2) is 4.98 Å². The summed E-state index contributed by atoms with van der Waals surface area (Å²) in [6, 6.07) is 0.252. The Bertz CT molecular complexity index is 566. The summed E-state index contributed by atoms with van der Waals surface area (Å²) in [5, 5.41) is 6.49. The van der Waals surface area contributed by atoms with E-state index in [-0.39, 0.29) is 6.04 Å². The van der Waals surface area contributed by atoms with E-state index in [0.717, 1.165) is 26.0 Å². The van der Waals surface area contributed by atoms with Gasteiger partial charge in [-0.3, -0.25) is 4.57 Å². The van der Waals surface area contributed by atoms with Crippen molar-refractivity contribution in [1.29, 1.82) is 0 Å². The van der Waals surface area contributed by atoms with E-state index in [4.69, 9.17) is 4.74 Å². The Balaban J connectivity index is 1.84. The van der Waals surface area contributed by atoms with Gasteiger partial charge in [-0.2, -0.15) is 15.0 Å². The van der Waals surface area contributed by atoms with Crippen molar-refractivity contribution in [3.8, 4) is 5.95 Å². The van der Waals surface area contributed by atoms with E-state index in [0.29, 0.717) is 24.5 Å². The summed E-state index contributed by atoms with van der Waals surface area (Å²) in [4.78, 5) is 17.3. The zero-order valence-electron chi connectivity index (χ0n) is 12.0. The highest BCUT2D eigenvalue weighted by molar-refractivity contribution is 5.38. The molecule has 2 N–H and O–H groups in total. The number of anilines is 2. The molecule has 1 aliphatic heterocycles. The normalized spacial score (nSPS) is 17.9. The van der Waals surface area contributed by atoms with Crippen LogP contribution < -0.4 is 10.6 Å². The molecule has 3 heterocycles. The standard InChI is InChI=1S/C13H19N7O/c1-2-4-15-11-17-12(16-10-3-7-21-8-10)19-13(18-11)20-6-5-14-9-20/h5-6,9-10H,2-4,7-8H2,1H3,(H2,15,16,17,18,19). The van der Waals surface area contributed by atoms with Crippen molar-refractivity contribution in [2.24, 2.45) is 0 Å². The van der Waals surface area contributed by atoms with E-state index in [1.54, 1.807) is 23.3 Å². The van der Waals surface area contributed by atoms with E-state index < -0.39 is 0 Å². The molecule has 112 valence electrons. The largest absolute Gasteiger partial charge is 0.379 e. The minimum atomic E-state index is 0.252. The second kappa shape index (κ2) is 6.49. The number of nitrogens with zero attached hydrogens (tertiary/aromatic N) is 5. The summed E-state index contributed by atoms with van der Waals surface area (Å²) in [5.41, 5.74) is 0. The van der Waals surface area contributed by atoms with Crippen molar-refractivity contribution in [1.82, 2.24) is 24.5 Å². The van der Waals surface area contributed by atoms with Crippen LogP contribution in [0.15, 0.2) is 18.7 Å². The van der Waals surface area contributed by atoms with Gasteiger partial charge in [0.2, 0.25) is 17.8 Å². The Hall–Kier alpha value is -2.22. The number of aromatic nitrogens is 5. The lowest BCUT2D eigenvalue weighted by molar-refractivity contribution is 0.195. The Morgan fingerprint density at radius 1 is 1.33 bits per heavy atom. The molecule has 8 nitrogen and oxygen atoms in total. The van der Waals surface area contributed by atoms with Gasteiger partial charge in [0.05, 0.1) is 12.6 Å². The number of hydrogen-bond acceptors (Lipinski definition) is 7. The van der Waals surface area contributed by atoms with Crippen molar-refractivity contribution in [3.05, 3.63) is 18.7 Å². The zero-order valence-corrected chi connectivity index (χ0v) is 12.0. The maximum atomic E-state index is 5.36. The Kier molecular flexibility index (Phi) is 4.25. The van der Waals surface area contributed by atoms with E-state index in [2.05, 4.69) is 37.5 Å². The first kappa shape index (κ1) is 13.7. The Morgan fingerprint density at radius 3 is 2.95 bits per heavy atom. The smallest absolute Gasteiger partial charge is 0.241 e. The molecular formula is C13H19N7O. The van der Waals surface area contributed by atoms with E-state index >= 15 is 0 Å². The van der Waals surface area contributed by atoms with Crippen molar-refractivity contribution >= 4 is 11.9 Å². The summed E-state index contributed by atoms with van der Waals surface area (Å²) in [5.74, 6) is 1.67. The number of imidazole rings is 1. The predicted octanol–water partition coefficient (Wildman–Crippen LogP) is 1.08. The SMILES string of the molecule is CCCNc1nc(NC2CCOC2)nc(-n2ccnc2)n1. The molecule has 1 aliphatic rings. The topological polar surface area (TPSA) is 89.8 Å². The number of ether oxygens (including phenoxy) is 1. The fourth-order valence-corrected chi connectivity index (χ4v) is 2.07. The Labute approximate surface area is 123 Å². The highest BCUT2D eigenvalue weighted by Gasteiger charge is 2.17. The van der Waals surface area contributed by atoms with Crippen LogP contribution in [0.4, 0.5) is 11.9 Å². The van der Waals surface area contributed by atoms with E-state index in [1.807, 2.05) is 0 Å². The van der Waals surface area contributed by atoms with Crippen molar-refractivity contribution in [2.75, 3.05) is 30.4 Å². The van der Waals surface area contributed by atoms with Crippen molar-refractivity contribution < 1.29 is 4.74 Å². The summed E-state index contributed by atoms with van der Waals surface area (Å²) in [7, 11) is 0. The lowest BCUT2D eigenvalue weighted by atomic mass is 10.3. The van der Waals surface area contributed by atoms with Crippen molar-refractivity contribution in [2.45, 2.75) is 25.8 Å².